The minimum absolute atomic E-state index is 0.0611. The van der Waals surface area contributed by atoms with E-state index in [2.05, 4.69) is 47.1 Å². The highest BCUT2D eigenvalue weighted by atomic mass is 16.4. The van der Waals surface area contributed by atoms with E-state index in [0.29, 0.717) is 31.2 Å². The Balaban J connectivity index is 1.56. The van der Waals surface area contributed by atoms with Gasteiger partial charge in [-0.15, -0.1) is 0 Å². The fourth-order valence-electron chi connectivity index (χ4n) is 8.24. The first-order chi connectivity index (χ1) is 21.0. The highest BCUT2D eigenvalue weighted by Gasteiger charge is 2.39. The number of fused-ring (bicyclic) bond motifs is 4. The smallest absolute Gasteiger partial charge is 0.306 e. The van der Waals surface area contributed by atoms with Crippen LogP contribution in [-0.2, 0) is 22.4 Å². The van der Waals surface area contributed by atoms with Crippen molar-refractivity contribution in [1.82, 2.24) is 16.0 Å². The number of piperidine rings is 2. The number of nitrogens with two attached hydrogens (primary N) is 1. The fourth-order valence-corrected chi connectivity index (χ4v) is 8.24. The van der Waals surface area contributed by atoms with Crippen LogP contribution in [0.4, 0.5) is 0 Å². The first-order valence-electron chi connectivity index (χ1n) is 17.1. The van der Waals surface area contributed by atoms with Gasteiger partial charge in [0.25, 0.3) is 0 Å². The van der Waals surface area contributed by atoms with Crippen molar-refractivity contribution in [1.29, 1.82) is 0 Å². The van der Waals surface area contributed by atoms with E-state index in [1.807, 2.05) is 6.92 Å². The van der Waals surface area contributed by atoms with Crippen molar-refractivity contribution in [3.05, 3.63) is 35.4 Å². The van der Waals surface area contributed by atoms with Gasteiger partial charge in [0.05, 0.1) is 24.3 Å². The molecular formula is C35H58N4O5. The highest BCUT2D eigenvalue weighted by Crippen LogP contribution is 2.33. The number of rotatable bonds is 7. The van der Waals surface area contributed by atoms with Crippen LogP contribution in [0.1, 0.15) is 108 Å². The minimum Gasteiger partial charge on any atom is -0.481 e. The zero-order valence-electron chi connectivity index (χ0n) is 27.0. The number of aldehydes is 1. The summed E-state index contributed by atoms with van der Waals surface area (Å²) in [5.74, 6) is -0.370. The Morgan fingerprint density at radius 1 is 1.09 bits per heavy atom. The SMILES string of the molecule is CC1NC(CC(CC=O)C2CCCCCCC(O)(CC(=O)O)CNC3(C)CC(N)NC(Cc4cccc(c4)C2)C3)CCC1O. The number of hydrogen-bond acceptors (Lipinski definition) is 8. The van der Waals surface area contributed by atoms with Crippen molar-refractivity contribution < 1.29 is 24.9 Å². The molecule has 248 valence electrons. The molecule has 4 bridgehead atoms. The number of carboxylic acids is 1. The molecular weight excluding hydrogens is 556 g/mol. The van der Waals surface area contributed by atoms with E-state index < -0.39 is 11.6 Å². The molecule has 3 heterocycles. The zero-order valence-corrected chi connectivity index (χ0v) is 27.0. The Kier molecular flexibility index (Phi) is 12.8. The zero-order chi connectivity index (χ0) is 31.7. The molecule has 9 unspecified atom stereocenters. The Hall–Kier alpha value is -1.88. The summed E-state index contributed by atoms with van der Waals surface area (Å²) < 4.78 is 0. The predicted octanol–water partition coefficient (Wildman–Crippen LogP) is 3.43. The lowest BCUT2D eigenvalue weighted by Crippen LogP contribution is -2.63. The number of carboxylic acid groups (broad SMARTS) is 1. The van der Waals surface area contributed by atoms with Gasteiger partial charge < -0.3 is 36.5 Å². The summed E-state index contributed by atoms with van der Waals surface area (Å²) in [6.45, 7) is 4.40. The predicted molar refractivity (Wildman–Crippen MR) is 173 cm³/mol. The molecule has 1 aromatic carbocycles. The molecule has 0 aliphatic carbocycles. The lowest BCUT2D eigenvalue weighted by Gasteiger charge is -2.44. The van der Waals surface area contributed by atoms with E-state index in [1.54, 1.807) is 0 Å². The van der Waals surface area contributed by atoms with Crippen molar-refractivity contribution in [2.75, 3.05) is 6.54 Å². The summed E-state index contributed by atoms with van der Waals surface area (Å²) in [6.07, 6.45) is 11.9. The van der Waals surface area contributed by atoms with Crippen LogP contribution < -0.4 is 21.7 Å². The van der Waals surface area contributed by atoms with Crippen molar-refractivity contribution in [3.63, 3.8) is 0 Å². The monoisotopic (exact) mass is 614 g/mol. The van der Waals surface area contributed by atoms with Crippen molar-refractivity contribution >= 4 is 12.3 Å². The topological polar surface area (TPSA) is 157 Å². The maximum absolute atomic E-state index is 11.9. The number of aliphatic hydroxyl groups excluding tert-OH is 1. The van der Waals surface area contributed by atoms with Crippen LogP contribution >= 0.6 is 0 Å². The molecule has 0 saturated carbocycles. The van der Waals surface area contributed by atoms with Crippen molar-refractivity contribution in [2.24, 2.45) is 17.6 Å². The second-order valence-electron chi connectivity index (χ2n) is 14.7. The third kappa shape index (κ3) is 10.6. The number of aliphatic carboxylic acids is 1. The fraction of sp³-hybridized carbons (Fsp3) is 0.771. The second kappa shape index (κ2) is 16.1. The molecule has 9 nitrogen and oxygen atoms in total. The third-order valence-electron chi connectivity index (χ3n) is 10.6. The average molecular weight is 615 g/mol. The first kappa shape index (κ1) is 35.0. The van der Waals surface area contributed by atoms with Crippen LogP contribution in [0.15, 0.2) is 24.3 Å². The lowest BCUT2D eigenvalue weighted by atomic mass is 9.76. The maximum atomic E-state index is 11.9. The number of hydrogen-bond donors (Lipinski definition) is 7. The number of carbonyl (C=O) groups excluding carboxylic acids is 1. The number of nitrogens with one attached hydrogen (secondary N) is 3. The summed E-state index contributed by atoms with van der Waals surface area (Å²) in [7, 11) is 0. The molecule has 9 heteroatoms. The quantitative estimate of drug-likeness (QED) is 0.229. The van der Waals surface area contributed by atoms with Crippen LogP contribution in [0, 0.1) is 11.8 Å². The molecule has 3 aliphatic heterocycles. The van der Waals surface area contributed by atoms with Crippen molar-refractivity contribution in [3.8, 4) is 0 Å². The number of β-amino-alcohol motifs (C(OH)–C–C–N with tert-alkyl or cyclic N) is 1. The van der Waals surface area contributed by atoms with Crippen molar-refractivity contribution in [2.45, 2.75) is 152 Å². The van der Waals surface area contributed by atoms with Gasteiger partial charge in [-0.3, -0.25) is 10.1 Å². The van der Waals surface area contributed by atoms with Gasteiger partial charge in [0.1, 0.15) is 6.29 Å². The largest absolute Gasteiger partial charge is 0.481 e. The molecule has 9 atom stereocenters. The first-order valence-corrected chi connectivity index (χ1v) is 17.1. The van der Waals surface area contributed by atoms with E-state index >= 15 is 0 Å². The van der Waals surface area contributed by atoms with Crippen LogP contribution in [0.2, 0.25) is 0 Å². The molecule has 3 aliphatic rings. The molecule has 1 aromatic rings. The molecule has 0 amide bonds. The molecule has 2 saturated heterocycles. The van der Waals surface area contributed by atoms with Gasteiger partial charge in [0.2, 0.25) is 0 Å². The Labute approximate surface area is 264 Å². The average Bonchev–Trinajstić information content (AvgIpc) is 2.94. The van der Waals surface area contributed by atoms with Gasteiger partial charge in [-0.25, -0.2) is 0 Å². The number of aliphatic hydroxyl groups is 2. The highest BCUT2D eigenvalue weighted by molar-refractivity contribution is 5.68. The van der Waals surface area contributed by atoms with Crippen LogP contribution in [0.25, 0.3) is 0 Å². The Morgan fingerprint density at radius 2 is 1.84 bits per heavy atom. The third-order valence-corrected chi connectivity index (χ3v) is 10.6. The Morgan fingerprint density at radius 3 is 2.57 bits per heavy atom. The molecule has 2 fully saturated rings. The van der Waals surface area contributed by atoms with Crippen LogP contribution in [0.3, 0.4) is 0 Å². The van der Waals surface area contributed by atoms with Gasteiger partial charge in [-0.2, -0.15) is 0 Å². The summed E-state index contributed by atoms with van der Waals surface area (Å²) >= 11 is 0. The maximum Gasteiger partial charge on any atom is 0.306 e. The number of carbonyl (C=O) groups is 2. The summed E-state index contributed by atoms with van der Waals surface area (Å²) in [6, 6.07) is 9.37. The normalized spacial score (nSPS) is 36.8. The van der Waals surface area contributed by atoms with Gasteiger partial charge >= 0.3 is 5.97 Å². The lowest BCUT2D eigenvalue weighted by molar-refractivity contribution is -0.143. The molecule has 8 N–H and O–H groups in total. The second-order valence-corrected chi connectivity index (χ2v) is 14.7. The summed E-state index contributed by atoms with van der Waals surface area (Å²) in [5, 5.41) is 42.0. The standard InChI is InChI=1S/C35H58N4O5/c1-24-31(41)12-11-29(38-24)19-28(13-15-40)27-10-5-3-4-6-14-35(44,22-33(42)43)23-37-34(2)20-30(39-32(36)21-34)18-26-9-7-8-25(16-26)17-27/h7-9,15-16,24,27-32,37-39,41,44H,3-6,10-14,17-23,36H2,1-2H3,(H,42,43). The van der Waals surface area contributed by atoms with E-state index in [9.17, 15) is 24.9 Å². The van der Waals surface area contributed by atoms with Gasteiger partial charge in [-0.1, -0.05) is 49.9 Å². The summed E-state index contributed by atoms with van der Waals surface area (Å²) in [5.41, 5.74) is 7.41. The van der Waals surface area contributed by atoms with Crippen LogP contribution in [-0.4, -0.2) is 75.7 Å². The van der Waals surface area contributed by atoms with E-state index in [-0.39, 0.29) is 48.8 Å². The van der Waals surface area contributed by atoms with Gasteiger partial charge in [-0.05, 0) is 94.6 Å². The Bertz CT molecular complexity index is 1070. The molecule has 4 rings (SSSR count). The summed E-state index contributed by atoms with van der Waals surface area (Å²) in [4.78, 5) is 23.6. The minimum atomic E-state index is -1.31. The molecule has 0 aromatic heterocycles. The molecule has 44 heavy (non-hydrogen) atoms. The van der Waals surface area contributed by atoms with Gasteiger partial charge in [0, 0.05) is 36.6 Å². The number of benzene rings is 1. The van der Waals surface area contributed by atoms with E-state index in [4.69, 9.17) is 5.73 Å². The van der Waals surface area contributed by atoms with Crippen LogP contribution in [0.5, 0.6) is 0 Å². The molecule has 0 spiro atoms. The van der Waals surface area contributed by atoms with E-state index in [0.717, 1.165) is 76.9 Å². The molecule has 0 radical (unpaired) electrons. The van der Waals surface area contributed by atoms with E-state index in [1.165, 1.54) is 11.1 Å². The van der Waals surface area contributed by atoms with Gasteiger partial charge in [0.15, 0.2) is 0 Å².